The number of Topliss-reactive ketones (excluding diaryl/α,β-unsaturated/α-hetero) is 1. The third-order valence-corrected chi connectivity index (χ3v) is 9.82. The van der Waals surface area contributed by atoms with Crippen LogP contribution in [0, 0.1) is 40.4 Å². The fourth-order valence-corrected chi connectivity index (χ4v) is 8.36. The molecule has 2 heteroatoms. The Morgan fingerprint density at radius 2 is 1.67 bits per heavy atom. The van der Waals surface area contributed by atoms with Gasteiger partial charge in [-0.3, -0.25) is 4.79 Å². The van der Waals surface area contributed by atoms with E-state index in [1.54, 1.807) is 0 Å². The molecule has 0 aromatic heterocycles. The van der Waals surface area contributed by atoms with Gasteiger partial charge >= 0.3 is 0 Å². The van der Waals surface area contributed by atoms with E-state index in [-0.39, 0.29) is 5.60 Å². The van der Waals surface area contributed by atoms with E-state index in [0.29, 0.717) is 22.5 Å². The number of epoxide rings is 1. The predicted molar refractivity (Wildman–Crippen MR) is 94.6 cm³/mol. The zero-order valence-corrected chi connectivity index (χ0v) is 15.8. The SMILES string of the molecule is C[C@]12CCC(=O)C[C@@H]1CC[C@H]1[C@H]3CC[C@H]([C@]4(C)CO4)[C@@]3(C)CC[C@@H]12. The van der Waals surface area contributed by atoms with Crippen LogP contribution in [0.3, 0.4) is 0 Å². The van der Waals surface area contributed by atoms with Gasteiger partial charge in [-0.2, -0.15) is 0 Å². The third-order valence-electron chi connectivity index (χ3n) is 9.82. The molecule has 1 aliphatic heterocycles. The van der Waals surface area contributed by atoms with Gasteiger partial charge in [0.1, 0.15) is 5.78 Å². The molecule has 5 fully saturated rings. The lowest BCUT2D eigenvalue weighted by molar-refractivity contribution is -0.140. The fraction of sp³-hybridized carbons (Fsp3) is 0.955. The Morgan fingerprint density at radius 1 is 0.917 bits per heavy atom. The topological polar surface area (TPSA) is 29.6 Å². The number of rotatable bonds is 1. The second-order valence-electron chi connectivity index (χ2n) is 10.7. The Balaban J connectivity index is 1.44. The molecule has 0 radical (unpaired) electrons. The summed E-state index contributed by atoms with van der Waals surface area (Å²) in [5.41, 5.74) is 1.17. The Kier molecular flexibility index (Phi) is 3.22. The van der Waals surface area contributed by atoms with Crippen molar-refractivity contribution in [2.24, 2.45) is 40.4 Å². The minimum atomic E-state index is 0.203. The quantitative estimate of drug-likeness (QED) is 0.633. The van der Waals surface area contributed by atoms with E-state index in [4.69, 9.17) is 4.74 Å². The van der Waals surface area contributed by atoms with Crippen molar-refractivity contribution in [2.45, 2.75) is 84.2 Å². The molecule has 0 aromatic rings. The van der Waals surface area contributed by atoms with Crippen molar-refractivity contribution in [2.75, 3.05) is 6.61 Å². The zero-order chi connectivity index (χ0) is 16.7. The number of ketones is 1. The Bertz CT molecular complexity index is 564. The molecule has 4 aliphatic carbocycles. The lowest BCUT2D eigenvalue weighted by Gasteiger charge is -2.60. The van der Waals surface area contributed by atoms with Crippen LogP contribution in [0.4, 0.5) is 0 Å². The van der Waals surface area contributed by atoms with E-state index in [1.165, 1.54) is 44.9 Å². The summed E-state index contributed by atoms with van der Waals surface area (Å²) in [5.74, 6) is 4.73. The van der Waals surface area contributed by atoms with Gasteiger partial charge in [0.25, 0.3) is 0 Å². The molecule has 8 atom stereocenters. The van der Waals surface area contributed by atoms with Crippen molar-refractivity contribution in [3.8, 4) is 0 Å². The first-order chi connectivity index (χ1) is 11.4. The highest BCUT2D eigenvalue weighted by molar-refractivity contribution is 5.79. The van der Waals surface area contributed by atoms with Crippen LogP contribution in [0.25, 0.3) is 0 Å². The van der Waals surface area contributed by atoms with Gasteiger partial charge in [-0.15, -0.1) is 0 Å². The van der Waals surface area contributed by atoms with Crippen LogP contribution in [-0.2, 0) is 9.53 Å². The first-order valence-electron chi connectivity index (χ1n) is 10.5. The van der Waals surface area contributed by atoms with E-state index in [2.05, 4.69) is 20.8 Å². The average Bonchev–Trinajstić information content (AvgIpc) is 3.17. The molecule has 0 spiro atoms. The summed E-state index contributed by atoms with van der Waals surface area (Å²) in [6, 6.07) is 0. The molecule has 0 aromatic carbocycles. The van der Waals surface area contributed by atoms with Crippen LogP contribution in [0.2, 0.25) is 0 Å². The maximum absolute atomic E-state index is 12.0. The highest BCUT2D eigenvalue weighted by Gasteiger charge is 2.65. The van der Waals surface area contributed by atoms with Crippen LogP contribution in [0.15, 0.2) is 0 Å². The molecule has 5 aliphatic rings. The second-order valence-corrected chi connectivity index (χ2v) is 10.7. The highest BCUT2D eigenvalue weighted by Crippen LogP contribution is 2.69. The summed E-state index contributed by atoms with van der Waals surface area (Å²) in [7, 11) is 0. The van der Waals surface area contributed by atoms with Crippen molar-refractivity contribution >= 4 is 5.78 Å². The van der Waals surface area contributed by atoms with Gasteiger partial charge in [-0.05, 0) is 92.3 Å². The van der Waals surface area contributed by atoms with Crippen LogP contribution < -0.4 is 0 Å². The second kappa shape index (κ2) is 4.87. The third kappa shape index (κ3) is 1.95. The minimum absolute atomic E-state index is 0.203. The standard InChI is InChI=1S/C22H34O2/c1-20-10-8-15(23)12-14(20)4-5-16-17-6-7-19(22(3)13-24-22)21(17,2)11-9-18(16)20/h14,16-19H,4-13H2,1-3H3/t14-,16-,17+,18-,19-,20-,21-,22-/m0/s1. The lowest BCUT2D eigenvalue weighted by atomic mass is 9.44. The van der Waals surface area contributed by atoms with Crippen molar-refractivity contribution < 1.29 is 9.53 Å². The molecule has 0 amide bonds. The molecular formula is C22H34O2. The molecule has 5 rings (SSSR count). The summed E-state index contributed by atoms with van der Waals surface area (Å²) >= 11 is 0. The molecular weight excluding hydrogens is 296 g/mol. The Labute approximate surface area is 147 Å². The van der Waals surface area contributed by atoms with Gasteiger partial charge in [0.05, 0.1) is 12.2 Å². The van der Waals surface area contributed by atoms with Crippen molar-refractivity contribution in [1.82, 2.24) is 0 Å². The number of fused-ring (bicyclic) bond motifs is 5. The number of ether oxygens (including phenoxy) is 1. The number of carbonyl (C=O) groups excluding carboxylic acids is 1. The molecule has 0 N–H and O–H groups in total. The molecule has 1 saturated heterocycles. The zero-order valence-electron chi connectivity index (χ0n) is 15.8. The fourth-order valence-electron chi connectivity index (χ4n) is 8.36. The molecule has 1 heterocycles. The summed E-state index contributed by atoms with van der Waals surface area (Å²) in [6.07, 6.45) is 11.2. The summed E-state index contributed by atoms with van der Waals surface area (Å²) in [5, 5.41) is 0. The summed E-state index contributed by atoms with van der Waals surface area (Å²) < 4.78 is 5.91. The van der Waals surface area contributed by atoms with Gasteiger partial charge < -0.3 is 4.74 Å². The van der Waals surface area contributed by atoms with Crippen LogP contribution in [0.5, 0.6) is 0 Å². The van der Waals surface area contributed by atoms with Crippen molar-refractivity contribution in [1.29, 1.82) is 0 Å². The van der Waals surface area contributed by atoms with Crippen LogP contribution in [0.1, 0.15) is 78.6 Å². The van der Waals surface area contributed by atoms with E-state index >= 15 is 0 Å². The van der Waals surface area contributed by atoms with E-state index in [9.17, 15) is 4.79 Å². The molecule has 24 heavy (non-hydrogen) atoms. The first kappa shape index (κ1) is 15.9. The molecule has 0 unspecified atom stereocenters. The van der Waals surface area contributed by atoms with Gasteiger partial charge in [0.15, 0.2) is 0 Å². The Hall–Kier alpha value is -0.370. The highest BCUT2D eigenvalue weighted by atomic mass is 16.6. The largest absolute Gasteiger partial charge is 0.370 e. The minimum Gasteiger partial charge on any atom is -0.370 e. The number of carbonyl (C=O) groups is 1. The Morgan fingerprint density at radius 3 is 2.42 bits per heavy atom. The van der Waals surface area contributed by atoms with E-state index in [1.807, 2.05) is 0 Å². The van der Waals surface area contributed by atoms with Gasteiger partial charge in [0, 0.05) is 12.8 Å². The van der Waals surface area contributed by atoms with Gasteiger partial charge in [-0.1, -0.05) is 13.8 Å². The molecule has 4 saturated carbocycles. The maximum atomic E-state index is 12.0. The normalized spacial score (nSPS) is 59.5. The maximum Gasteiger partial charge on any atom is 0.133 e. The monoisotopic (exact) mass is 330 g/mol. The van der Waals surface area contributed by atoms with E-state index < -0.39 is 0 Å². The smallest absolute Gasteiger partial charge is 0.133 e. The molecule has 0 bridgehead atoms. The van der Waals surface area contributed by atoms with Gasteiger partial charge in [-0.25, -0.2) is 0 Å². The lowest BCUT2D eigenvalue weighted by Crippen LogP contribution is -2.54. The van der Waals surface area contributed by atoms with Crippen LogP contribution >= 0.6 is 0 Å². The van der Waals surface area contributed by atoms with Crippen molar-refractivity contribution in [3.05, 3.63) is 0 Å². The summed E-state index contributed by atoms with van der Waals surface area (Å²) in [6.45, 7) is 8.52. The first-order valence-corrected chi connectivity index (χ1v) is 10.5. The van der Waals surface area contributed by atoms with E-state index in [0.717, 1.165) is 43.1 Å². The molecule has 134 valence electrons. The summed E-state index contributed by atoms with van der Waals surface area (Å²) in [4.78, 5) is 12.0. The van der Waals surface area contributed by atoms with Crippen molar-refractivity contribution in [3.63, 3.8) is 0 Å². The number of hydrogen-bond acceptors (Lipinski definition) is 2. The van der Waals surface area contributed by atoms with Gasteiger partial charge in [0.2, 0.25) is 0 Å². The van der Waals surface area contributed by atoms with Crippen LogP contribution in [-0.4, -0.2) is 18.0 Å². The predicted octanol–water partition coefficient (Wildman–Crippen LogP) is 5.00. The average molecular weight is 331 g/mol. The molecule has 2 nitrogen and oxygen atoms in total. The number of hydrogen-bond donors (Lipinski definition) is 0.